The first-order chi connectivity index (χ1) is 9.88. The fraction of sp³-hybridized carbons (Fsp3) is 0.467. The molecule has 0 unspecified atom stereocenters. The third-order valence-electron chi connectivity index (χ3n) is 3.89. The molecule has 1 aromatic heterocycles. The Balaban J connectivity index is 1.54. The summed E-state index contributed by atoms with van der Waals surface area (Å²) in [4.78, 5) is 4.60. The number of aromatic amines is 1. The largest absolute Gasteiger partial charge is 0.380 e. The summed E-state index contributed by atoms with van der Waals surface area (Å²) in [5, 5.41) is 10.9. The van der Waals surface area contributed by atoms with Crippen LogP contribution in [-0.2, 0) is 4.74 Å². The van der Waals surface area contributed by atoms with Gasteiger partial charge in [-0.3, -0.25) is 5.10 Å². The monoisotopic (exact) mass is 270 g/mol. The van der Waals surface area contributed by atoms with Crippen molar-refractivity contribution in [1.29, 1.82) is 0 Å². The Hall–Kier alpha value is -1.88. The number of aromatic nitrogens is 3. The summed E-state index contributed by atoms with van der Waals surface area (Å²) in [7, 11) is 0. The van der Waals surface area contributed by atoms with Crippen molar-refractivity contribution < 1.29 is 4.74 Å². The molecule has 1 atom stereocenters. The number of ether oxygens (including phenoxy) is 1. The molecule has 104 valence electrons. The average molecular weight is 270 g/mol. The van der Waals surface area contributed by atoms with E-state index in [9.17, 15) is 0 Å². The first-order valence-corrected chi connectivity index (χ1v) is 7.25. The summed E-state index contributed by atoms with van der Waals surface area (Å²) in [5.41, 5.74) is 2.16. The van der Waals surface area contributed by atoms with E-state index in [1.807, 2.05) is 6.07 Å². The van der Waals surface area contributed by atoms with Gasteiger partial charge in [-0.25, -0.2) is 4.98 Å². The lowest BCUT2D eigenvalue weighted by molar-refractivity contribution is 0.195. The molecule has 0 amide bonds. The van der Waals surface area contributed by atoms with Crippen molar-refractivity contribution in [2.45, 2.75) is 31.2 Å². The lowest BCUT2D eigenvalue weighted by atomic mass is 10.1. The van der Waals surface area contributed by atoms with E-state index in [1.54, 1.807) is 0 Å². The van der Waals surface area contributed by atoms with Gasteiger partial charge >= 0.3 is 0 Å². The topological polar surface area (TPSA) is 62.8 Å². The van der Waals surface area contributed by atoms with Crippen molar-refractivity contribution in [1.82, 2.24) is 15.2 Å². The van der Waals surface area contributed by atoms with Gasteiger partial charge in [0.25, 0.3) is 0 Å². The summed E-state index contributed by atoms with van der Waals surface area (Å²) >= 11 is 0. The van der Waals surface area contributed by atoms with Gasteiger partial charge in [0.1, 0.15) is 5.82 Å². The van der Waals surface area contributed by atoms with Crippen LogP contribution in [0.25, 0.3) is 11.4 Å². The number of hydrogen-bond acceptors (Lipinski definition) is 4. The third kappa shape index (κ3) is 2.41. The molecule has 1 saturated heterocycles. The van der Waals surface area contributed by atoms with Gasteiger partial charge in [-0.15, -0.1) is 0 Å². The van der Waals surface area contributed by atoms with Gasteiger partial charge in [0.15, 0.2) is 5.82 Å². The Morgan fingerprint density at radius 1 is 1.25 bits per heavy atom. The van der Waals surface area contributed by atoms with E-state index in [2.05, 4.69) is 38.7 Å². The number of benzene rings is 1. The zero-order valence-electron chi connectivity index (χ0n) is 11.3. The second kappa shape index (κ2) is 4.90. The van der Waals surface area contributed by atoms with Crippen LogP contribution >= 0.6 is 0 Å². The minimum atomic E-state index is 0.416. The minimum Gasteiger partial charge on any atom is -0.380 e. The highest BCUT2D eigenvalue weighted by molar-refractivity contribution is 5.62. The molecule has 2 heterocycles. The van der Waals surface area contributed by atoms with Gasteiger partial charge in [0.2, 0.25) is 0 Å². The van der Waals surface area contributed by atoms with Crippen LogP contribution < -0.4 is 5.32 Å². The smallest absolute Gasteiger partial charge is 0.181 e. The first-order valence-electron chi connectivity index (χ1n) is 7.25. The number of hydrogen-bond donors (Lipinski definition) is 2. The lowest BCUT2D eigenvalue weighted by Gasteiger charge is -2.12. The van der Waals surface area contributed by atoms with Crippen LogP contribution in [0.2, 0.25) is 0 Å². The van der Waals surface area contributed by atoms with E-state index in [0.29, 0.717) is 12.0 Å². The maximum Gasteiger partial charge on any atom is 0.181 e. The molecule has 1 saturated carbocycles. The Morgan fingerprint density at radius 3 is 3.00 bits per heavy atom. The van der Waals surface area contributed by atoms with Gasteiger partial charge in [0, 0.05) is 23.8 Å². The van der Waals surface area contributed by atoms with Gasteiger partial charge in [-0.2, -0.15) is 5.10 Å². The van der Waals surface area contributed by atoms with Crippen LogP contribution in [-0.4, -0.2) is 34.4 Å². The number of rotatable bonds is 4. The maximum absolute atomic E-state index is 5.39. The zero-order valence-corrected chi connectivity index (χ0v) is 11.3. The maximum atomic E-state index is 5.39. The molecule has 20 heavy (non-hydrogen) atoms. The highest BCUT2D eigenvalue weighted by atomic mass is 16.5. The molecule has 2 fully saturated rings. The second-order valence-corrected chi connectivity index (χ2v) is 5.60. The standard InChI is InChI=1S/C15H18N4O/c1-2-11(15-17-14(18-19-15)10-4-5-10)8-12(3-1)16-13-6-7-20-9-13/h1-3,8,10,13,16H,4-7,9H2,(H,17,18,19)/t13-/m0/s1. The van der Waals surface area contributed by atoms with Crippen LogP contribution in [0.1, 0.15) is 31.0 Å². The lowest BCUT2D eigenvalue weighted by Crippen LogP contribution is -2.18. The fourth-order valence-corrected chi connectivity index (χ4v) is 2.57. The predicted molar refractivity (Wildman–Crippen MR) is 76.6 cm³/mol. The van der Waals surface area contributed by atoms with Crippen LogP contribution in [0.5, 0.6) is 0 Å². The molecular formula is C15H18N4O. The van der Waals surface area contributed by atoms with Crippen molar-refractivity contribution >= 4 is 5.69 Å². The van der Waals surface area contributed by atoms with Gasteiger partial charge < -0.3 is 10.1 Å². The summed E-state index contributed by atoms with van der Waals surface area (Å²) < 4.78 is 5.39. The van der Waals surface area contributed by atoms with Crippen molar-refractivity contribution in [3.63, 3.8) is 0 Å². The normalized spacial score (nSPS) is 22.1. The van der Waals surface area contributed by atoms with Crippen molar-refractivity contribution in [2.24, 2.45) is 0 Å². The SMILES string of the molecule is c1cc(N[C@H]2CCOC2)cc(-c2n[nH]c(C3CC3)n2)c1. The quantitative estimate of drug-likeness (QED) is 0.896. The Bertz CT molecular complexity index is 599. The summed E-state index contributed by atoms with van der Waals surface area (Å²) in [6.45, 7) is 1.64. The van der Waals surface area contributed by atoms with Crippen LogP contribution in [0.15, 0.2) is 24.3 Å². The van der Waals surface area contributed by atoms with E-state index < -0.39 is 0 Å². The van der Waals surface area contributed by atoms with Gasteiger partial charge in [-0.05, 0) is 31.4 Å². The number of anilines is 1. The molecule has 1 aliphatic heterocycles. The molecule has 1 aliphatic carbocycles. The van der Waals surface area contributed by atoms with Crippen LogP contribution in [0.4, 0.5) is 5.69 Å². The summed E-state index contributed by atoms with van der Waals surface area (Å²) in [5.74, 6) is 2.42. The fourth-order valence-electron chi connectivity index (χ4n) is 2.57. The number of nitrogens with one attached hydrogen (secondary N) is 2. The van der Waals surface area contributed by atoms with E-state index in [0.717, 1.165) is 42.5 Å². The van der Waals surface area contributed by atoms with Crippen molar-refractivity contribution in [3.05, 3.63) is 30.1 Å². The van der Waals surface area contributed by atoms with Crippen molar-refractivity contribution in [2.75, 3.05) is 18.5 Å². The van der Waals surface area contributed by atoms with Gasteiger partial charge in [0.05, 0.1) is 12.6 Å². The van der Waals surface area contributed by atoms with Crippen LogP contribution in [0, 0.1) is 0 Å². The molecular weight excluding hydrogens is 252 g/mol. The third-order valence-corrected chi connectivity index (χ3v) is 3.89. The molecule has 2 N–H and O–H groups in total. The summed E-state index contributed by atoms with van der Waals surface area (Å²) in [6, 6.07) is 8.70. The molecule has 4 rings (SSSR count). The first kappa shape index (κ1) is 11.9. The highest BCUT2D eigenvalue weighted by Gasteiger charge is 2.27. The molecule has 2 aliphatic rings. The number of nitrogens with zero attached hydrogens (tertiary/aromatic N) is 2. The molecule has 0 bridgehead atoms. The minimum absolute atomic E-state index is 0.416. The van der Waals surface area contributed by atoms with E-state index in [-0.39, 0.29) is 0 Å². The number of H-pyrrole nitrogens is 1. The van der Waals surface area contributed by atoms with E-state index >= 15 is 0 Å². The molecule has 1 aromatic carbocycles. The molecule has 2 aromatic rings. The van der Waals surface area contributed by atoms with Crippen molar-refractivity contribution in [3.8, 4) is 11.4 Å². The Labute approximate surface area is 117 Å². The highest BCUT2D eigenvalue weighted by Crippen LogP contribution is 2.38. The van der Waals surface area contributed by atoms with Crippen LogP contribution in [0.3, 0.4) is 0 Å². The Kier molecular flexibility index (Phi) is 2.92. The average Bonchev–Trinajstić information content (AvgIpc) is 3.00. The molecule has 0 spiro atoms. The summed E-state index contributed by atoms with van der Waals surface area (Å²) in [6.07, 6.45) is 3.53. The molecule has 5 nitrogen and oxygen atoms in total. The van der Waals surface area contributed by atoms with Gasteiger partial charge in [-0.1, -0.05) is 12.1 Å². The second-order valence-electron chi connectivity index (χ2n) is 5.60. The Morgan fingerprint density at radius 2 is 2.20 bits per heavy atom. The predicted octanol–water partition coefficient (Wildman–Crippen LogP) is 2.55. The van der Waals surface area contributed by atoms with E-state index in [1.165, 1.54) is 12.8 Å². The molecule has 5 heteroatoms. The van der Waals surface area contributed by atoms with E-state index in [4.69, 9.17) is 4.74 Å². The molecule has 0 radical (unpaired) electrons. The zero-order chi connectivity index (χ0) is 13.4.